The Morgan fingerprint density at radius 2 is 1.83 bits per heavy atom. The molecule has 0 bridgehead atoms. The second-order valence-electron chi connectivity index (χ2n) is 10.3. The van der Waals surface area contributed by atoms with Crippen molar-refractivity contribution >= 4 is 38.4 Å². The maximum atomic E-state index is 13.4. The van der Waals surface area contributed by atoms with E-state index in [1.54, 1.807) is 6.20 Å². The number of amides is 2. The molecule has 0 fully saturated rings. The zero-order valence-electron chi connectivity index (χ0n) is 23.5. The molecule has 0 spiro atoms. The molecule has 3 aromatic rings. The second-order valence-corrected chi connectivity index (χ2v) is 12.6. The van der Waals surface area contributed by atoms with Crippen molar-refractivity contribution in [2.45, 2.75) is 57.7 Å². The Bertz CT molecular complexity index is 1430. The Kier molecular flexibility index (Phi) is 11.4. The summed E-state index contributed by atoms with van der Waals surface area (Å²) in [5.74, 6) is -2.61. The SMILES string of the molecule is CC[C@H](C)[C@@H](COC(Cc1ccc2ccccc2c1)C(=O)N[C@@H](CCS(C)(=O)=O)C(=O)O)NC(=O)Cc1cnc[nH]1. The van der Waals surface area contributed by atoms with E-state index in [1.807, 2.05) is 56.3 Å². The van der Waals surface area contributed by atoms with Gasteiger partial charge in [0, 0.05) is 24.6 Å². The highest BCUT2D eigenvalue weighted by atomic mass is 32.2. The number of aromatic amines is 1. The molecule has 1 aromatic heterocycles. The lowest BCUT2D eigenvalue weighted by Gasteiger charge is -2.27. The molecular formula is C29H38N4O7S. The molecule has 41 heavy (non-hydrogen) atoms. The summed E-state index contributed by atoms with van der Waals surface area (Å²) < 4.78 is 29.3. The van der Waals surface area contributed by atoms with E-state index in [4.69, 9.17) is 4.74 Å². The van der Waals surface area contributed by atoms with Crippen molar-refractivity contribution in [3.8, 4) is 0 Å². The van der Waals surface area contributed by atoms with Gasteiger partial charge in [-0.15, -0.1) is 0 Å². The van der Waals surface area contributed by atoms with Crippen LogP contribution in [0.1, 0.15) is 37.9 Å². The molecule has 1 unspecified atom stereocenters. The molecule has 3 rings (SSSR count). The number of carboxylic acids is 1. The summed E-state index contributed by atoms with van der Waals surface area (Å²) in [5.41, 5.74) is 1.46. The van der Waals surface area contributed by atoms with Crippen LogP contribution in [0.3, 0.4) is 0 Å². The lowest BCUT2D eigenvalue weighted by Crippen LogP contribution is -2.49. The average Bonchev–Trinajstić information content (AvgIpc) is 3.44. The van der Waals surface area contributed by atoms with Crippen LogP contribution in [-0.2, 0) is 41.8 Å². The lowest BCUT2D eigenvalue weighted by atomic mass is 9.99. The Balaban J connectivity index is 1.79. The minimum atomic E-state index is -3.43. The van der Waals surface area contributed by atoms with E-state index in [9.17, 15) is 27.9 Å². The third-order valence-corrected chi connectivity index (χ3v) is 7.96. The highest BCUT2D eigenvalue weighted by molar-refractivity contribution is 7.90. The van der Waals surface area contributed by atoms with Gasteiger partial charge in [-0.3, -0.25) is 9.59 Å². The summed E-state index contributed by atoms with van der Waals surface area (Å²) in [7, 11) is -3.43. The van der Waals surface area contributed by atoms with E-state index < -0.39 is 39.9 Å². The average molecular weight is 587 g/mol. The van der Waals surface area contributed by atoms with Gasteiger partial charge in [-0.2, -0.15) is 0 Å². The number of carbonyl (C=O) groups excluding carboxylic acids is 2. The molecule has 12 heteroatoms. The number of rotatable bonds is 16. The topological polar surface area (TPSA) is 168 Å². The van der Waals surface area contributed by atoms with Crippen LogP contribution in [0.25, 0.3) is 10.8 Å². The molecule has 0 aliphatic rings. The number of H-pyrrole nitrogens is 1. The third kappa shape index (κ3) is 10.3. The Hall–Kier alpha value is -3.77. The van der Waals surface area contributed by atoms with Crippen molar-refractivity contribution in [3.05, 3.63) is 66.2 Å². The Morgan fingerprint density at radius 3 is 2.46 bits per heavy atom. The summed E-state index contributed by atoms with van der Waals surface area (Å²) in [5, 5.41) is 17.1. The van der Waals surface area contributed by atoms with Gasteiger partial charge in [-0.1, -0.05) is 62.7 Å². The van der Waals surface area contributed by atoms with Gasteiger partial charge in [0.15, 0.2) is 0 Å². The number of aromatic nitrogens is 2. The van der Waals surface area contributed by atoms with Gasteiger partial charge in [0.2, 0.25) is 11.8 Å². The Labute approximate surface area is 240 Å². The van der Waals surface area contributed by atoms with E-state index in [-0.39, 0.29) is 43.4 Å². The van der Waals surface area contributed by atoms with Crippen molar-refractivity contribution in [2.75, 3.05) is 18.6 Å². The van der Waals surface area contributed by atoms with Gasteiger partial charge < -0.3 is 25.5 Å². The molecule has 0 aliphatic heterocycles. The van der Waals surface area contributed by atoms with Crippen molar-refractivity contribution in [2.24, 2.45) is 5.92 Å². The number of fused-ring (bicyclic) bond motifs is 1. The highest BCUT2D eigenvalue weighted by Crippen LogP contribution is 2.18. The van der Waals surface area contributed by atoms with Crippen LogP contribution in [0.15, 0.2) is 55.0 Å². The molecule has 11 nitrogen and oxygen atoms in total. The number of nitrogens with one attached hydrogen (secondary N) is 3. The number of carboxylic acid groups (broad SMARTS) is 1. The molecular weight excluding hydrogens is 548 g/mol. The van der Waals surface area contributed by atoms with Gasteiger partial charge in [0.05, 0.1) is 31.1 Å². The van der Waals surface area contributed by atoms with Gasteiger partial charge >= 0.3 is 5.97 Å². The molecule has 1 heterocycles. The van der Waals surface area contributed by atoms with Crippen LogP contribution in [0, 0.1) is 5.92 Å². The summed E-state index contributed by atoms with van der Waals surface area (Å²) in [6.45, 7) is 3.96. The third-order valence-electron chi connectivity index (χ3n) is 6.98. The molecule has 0 radical (unpaired) electrons. The quantitative estimate of drug-likeness (QED) is 0.198. The second kappa shape index (κ2) is 14.7. The predicted molar refractivity (Wildman–Crippen MR) is 155 cm³/mol. The van der Waals surface area contributed by atoms with E-state index in [0.29, 0.717) is 5.69 Å². The fourth-order valence-corrected chi connectivity index (χ4v) is 4.99. The Morgan fingerprint density at radius 1 is 1.10 bits per heavy atom. The largest absolute Gasteiger partial charge is 0.480 e. The molecule has 0 saturated carbocycles. The highest BCUT2D eigenvalue weighted by Gasteiger charge is 2.29. The molecule has 4 N–H and O–H groups in total. The molecule has 2 aromatic carbocycles. The van der Waals surface area contributed by atoms with Crippen molar-refractivity contribution in [1.82, 2.24) is 20.6 Å². The van der Waals surface area contributed by atoms with Gasteiger partial charge in [-0.05, 0) is 28.7 Å². The monoisotopic (exact) mass is 586 g/mol. The van der Waals surface area contributed by atoms with Crippen molar-refractivity contribution in [1.29, 1.82) is 0 Å². The standard InChI is InChI=1S/C29H38N4O7S/c1-4-19(2)25(32-27(34)15-23-16-30-18-31-23)17-40-26(14-20-9-10-21-7-5-6-8-22(21)13-20)28(35)33-24(29(36)37)11-12-41(3,38)39/h5-10,13,16,18-19,24-26H,4,11-12,14-15,17H2,1-3H3,(H,30,31)(H,32,34)(H,33,35)(H,36,37)/t19-,24-,25+,26?/m0/s1. The first-order valence-corrected chi connectivity index (χ1v) is 15.6. The van der Waals surface area contributed by atoms with Gasteiger partial charge in [0.1, 0.15) is 22.0 Å². The number of hydrogen-bond donors (Lipinski definition) is 4. The number of imidazole rings is 1. The number of sulfone groups is 1. The first kappa shape index (κ1) is 31.8. The van der Waals surface area contributed by atoms with Crippen LogP contribution < -0.4 is 10.6 Å². The minimum Gasteiger partial charge on any atom is -0.480 e. The summed E-state index contributed by atoms with van der Waals surface area (Å²) in [6, 6.07) is 11.7. The number of nitrogens with zero attached hydrogens (tertiary/aromatic N) is 1. The molecule has 2 amide bonds. The lowest BCUT2D eigenvalue weighted by molar-refractivity contribution is -0.144. The molecule has 222 valence electrons. The van der Waals surface area contributed by atoms with E-state index in [2.05, 4.69) is 20.6 Å². The van der Waals surface area contributed by atoms with Crippen LogP contribution >= 0.6 is 0 Å². The minimum absolute atomic E-state index is 0.0104. The van der Waals surface area contributed by atoms with Crippen molar-refractivity contribution < 1.29 is 32.6 Å². The predicted octanol–water partition coefficient (Wildman–Crippen LogP) is 2.27. The number of hydrogen-bond acceptors (Lipinski definition) is 7. The van der Waals surface area contributed by atoms with E-state index in [1.165, 1.54) is 6.33 Å². The van der Waals surface area contributed by atoms with Gasteiger partial charge in [-0.25, -0.2) is 18.2 Å². The van der Waals surface area contributed by atoms with Crippen molar-refractivity contribution in [3.63, 3.8) is 0 Å². The maximum Gasteiger partial charge on any atom is 0.326 e. The first-order chi connectivity index (χ1) is 19.4. The molecule has 0 aliphatic carbocycles. The number of ether oxygens (including phenoxy) is 1. The van der Waals surface area contributed by atoms with E-state index in [0.717, 1.165) is 29.0 Å². The number of carbonyl (C=O) groups is 3. The van der Waals surface area contributed by atoms with Crippen LogP contribution in [-0.4, -0.2) is 78.1 Å². The zero-order valence-corrected chi connectivity index (χ0v) is 24.3. The molecule has 4 atom stereocenters. The fraction of sp³-hybridized carbons (Fsp3) is 0.448. The van der Waals surface area contributed by atoms with Crippen LogP contribution in [0.5, 0.6) is 0 Å². The summed E-state index contributed by atoms with van der Waals surface area (Å²) >= 11 is 0. The fourth-order valence-electron chi connectivity index (χ4n) is 4.33. The number of aliphatic carboxylic acids is 1. The molecule has 0 saturated heterocycles. The first-order valence-electron chi connectivity index (χ1n) is 13.5. The number of benzene rings is 2. The normalized spacial score (nSPS) is 14.6. The maximum absolute atomic E-state index is 13.4. The van der Waals surface area contributed by atoms with Gasteiger partial charge in [0.25, 0.3) is 0 Å². The van der Waals surface area contributed by atoms with E-state index >= 15 is 0 Å². The van der Waals surface area contributed by atoms with Crippen LogP contribution in [0.4, 0.5) is 0 Å². The summed E-state index contributed by atoms with van der Waals surface area (Å²) in [4.78, 5) is 44.7. The zero-order chi connectivity index (χ0) is 30.0. The summed E-state index contributed by atoms with van der Waals surface area (Å²) in [6.07, 6.45) is 3.70. The van der Waals surface area contributed by atoms with Crippen LogP contribution in [0.2, 0.25) is 0 Å². The smallest absolute Gasteiger partial charge is 0.326 e.